The van der Waals surface area contributed by atoms with Crippen molar-refractivity contribution in [1.29, 1.82) is 0 Å². The van der Waals surface area contributed by atoms with E-state index >= 15 is 0 Å². The van der Waals surface area contributed by atoms with Gasteiger partial charge in [-0.3, -0.25) is 0 Å². The number of aromatic amines is 1. The molecule has 0 aliphatic heterocycles. The van der Waals surface area contributed by atoms with E-state index in [2.05, 4.69) is 4.98 Å². The Morgan fingerprint density at radius 3 is 2.67 bits per heavy atom. The summed E-state index contributed by atoms with van der Waals surface area (Å²) in [5.74, 6) is 0.0711. The zero-order chi connectivity index (χ0) is 14.4. The zero-order valence-electron chi connectivity index (χ0n) is 11.0. The fraction of sp³-hybridized carbons (Fsp3) is 0. The average molecular weight is 277 g/mol. The molecule has 4 rings (SSSR count). The molecule has 0 saturated carbocycles. The minimum atomic E-state index is -0.440. The van der Waals surface area contributed by atoms with Crippen molar-refractivity contribution in [3.63, 3.8) is 0 Å². The highest BCUT2D eigenvalue weighted by molar-refractivity contribution is 6.11. The van der Waals surface area contributed by atoms with Crippen LogP contribution in [0.3, 0.4) is 0 Å². The number of phenols is 1. The van der Waals surface area contributed by atoms with Crippen LogP contribution in [0.15, 0.2) is 63.9 Å². The third-order valence-corrected chi connectivity index (χ3v) is 3.61. The lowest BCUT2D eigenvalue weighted by molar-refractivity contribution is 0.473. The average Bonchev–Trinajstić information content (AvgIpc) is 2.93. The van der Waals surface area contributed by atoms with Crippen molar-refractivity contribution < 1.29 is 9.52 Å². The van der Waals surface area contributed by atoms with E-state index in [1.165, 1.54) is 6.07 Å². The summed E-state index contributed by atoms with van der Waals surface area (Å²) in [6, 6.07) is 14.6. The van der Waals surface area contributed by atoms with Gasteiger partial charge in [0, 0.05) is 28.6 Å². The molecule has 0 fully saturated rings. The van der Waals surface area contributed by atoms with Gasteiger partial charge in [-0.1, -0.05) is 30.3 Å². The molecular formula is C17H11NO3. The van der Waals surface area contributed by atoms with Crippen molar-refractivity contribution in [2.24, 2.45) is 0 Å². The fourth-order valence-corrected chi connectivity index (χ4v) is 2.66. The standard InChI is InChI=1S/C17H11NO3/c19-11-6-7-12-14(8-11)21-17(20)16-15(12)13(9-18-16)10-4-2-1-3-5-10/h1-9,18-19H. The number of hydrogen-bond acceptors (Lipinski definition) is 3. The van der Waals surface area contributed by atoms with Crippen LogP contribution < -0.4 is 5.63 Å². The van der Waals surface area contributed by atoms with Crippen molar-refractivity contribution in [2.75, 3.05) is 0 Å². The van der Waals surface area contributed by atoms with Crippen LogP contribution in [0.2, 0.25) is 0 Å². The second-order valence-electron chi connectivity index (χ2n) is 4.89. The summed E-state index contributed by atoms with van der Waals surface area (Å²) < 4.78 is 5.26. The quantitative estimate of drug-likeness (QED) is 0.522. The van der Waals surface area contributed by atoms with Crippen LogP contribution in [-0.2, 0) is 0 Å². The van der Waals surface area contributed by atoms with E-state index < -0.39 is 5.63 Å². The number of phenolic OH excluding ortho intramolecular Hbond substituents is 1. The molecule has 4 heteroatoms. The molecule has 0 spiro atoms. The van der Waals surface area contributed by atoms with Crippen molar-refractivity contribution in [3.8, 4) is 16.9 Å². The van der Waals surface area contributed by atoms with Crippen LogP contribution in [0, 0.1) is 0 Å². The topological polar surface area (TPSA) is 66.2 Å². The van der Waals surface area contributed by atoms with Gasteiger partial charge < -0.3 is 14.5 Å². The van der Waals surface area contributed by atoms with Gasteiger partial charge in [0.15, 0.2) is 0 Å². The van der Waals surface area contributed by atoms with Crippen molar-refractivity contribution in [1.82, 2.24) is 4.98 Å². The molecular weight excluding hydrogens is 266 g/mol. The summed E-state index contributed by atoms with van der Waals surface area (Å²) in [7, 11) is 0. The molecule has 0 bridgehead atoms. The van der Waals surface area contributed by atoms with E-state index in [0.29, 0.717) is 11.1 Å². The molecule has 0 aliphatic rings. The zero-order valence-corrected chi connectivity index (χ0v) is 11.0. The largest absolute Gasteiger partial charge is 0.508 e. The minimum Gasteiger partial charge on any atom is -0.508 e. The highest BCUT2D eigenvalue weighted by atomic mass is 16.4. The number of benzene rings is 2. The van der Waals surface area contributed by atoms with Gasteiger partial charge in [-0.05, 0) is 17.7 Å². The minimum absolute atomic E-state index is 0.0711. The molecule has 2 aromatic carbocycles. The second-order valence-corrected chi connectivity index (χ2v) is 4.89. The van der Waals surface area contributed by atoms with E-state index in [4.69, 9.17) is 4.42 Å². The number of aromatic hydroxyl groups is 1. The van der Waals surface area contributed by atoms with Crippen molar-refractivity contribution >= 4 is 21.9 Å². The molecule has 102 valence electrons. The molecule has 4 nitrogen and oxygen atoms in total. The molecule has 0 amide bonds. The van der Waals surface area contributed by atoms with Crippen LogP contribution in [0.5, 0.6) is 5.75 Å². The fourth-order valence-electron chi connectivity index (χ4n) is 2.66. The maximum Gasteiger partial charge on any atom is 0.360 e. The van der Waals surface area contributed by atoms with E-state index in [0.717, 1.165) is 21.9 Å². The molecule has 4 aromatic rings. The Balaban J connectivity index is 2.20. The predicted octanol–water partition coefficient (Wildman–Crippen LogP) is 3.65. The van der Waals surface area contributed by atoms with Crippen LogP contribution in [0.25, 0.3) is 33.0 Å². The van der Waals surface area contributed by atoms with Gasteiger partial charge in [-0.2, -0.15) is 0 Å². The molecule has 2 heterocycles. The Morgan fingerprint density at radius 2 is 1.86 bits per heavy atom. The van der Waals surface area contributed by atoms with E-state index in [9.17, 15) is 9.90 Å². The van der Waals surface area contributed by atoms with Gasteiger partial charge in [0.1, 0.15) is 16.8 Å². The molecule has 21 heavy (non-hydrogen) atoms. The van der Waals surface area contributed by atoms with Gasteiger partial charge >= 0.3 is 5.63 Å². The van der Waals surface area contributed by atoms with Gasteiger partial charge in [0.05, 0.1) is 0 Å². The second kappa shape index (κ2) is 4.24. The number of fused-ring (bicyclic) bond motifs is 3. The first-order valence-electron chi connectivity index (χ1n) is 6.56. The van der Waals surface area contributed by atoms with E-state index in [1.807, 2.05) is 36.5 Å². The first kappa shape index (κ1) is 11.8. The molecule has 0 radical (unpaired) electrons. The number of hydrogen-bond donors (Lipinski definition) is 2. The first-order chi connectivity index (χ1) is 10.2. The summed E-state index contributed by atoms with van der Waals surface area (Å²) >= 11 is 0. The lowest BCUT2D eigenvalue weighted by Crippen LogP contribution is -1.99. The first-order valence-corrected chi connectivity index (χ1v) is 6.56. The number of rotatable bonds is 1. The molecule has 2 N–H and O–H groups in total. The third kappa shape index (κ3) is 1.73. The summed E-state index contributed by atoms with van der Waals surface area (Å²) in [6.45, 7) is 0. The monoisotopic (exact) mass is 277 g/mol. The third-order valence-electron chi connectivity index (χ3n) is 3.61. The summed E-state index contributed by atoms with van der Waals surface area (Å²) in [5, 5.41) is 11.2. The van der Waals surface area contributed by atoms with Gasteiger partial charge in [-0.15, -0.1) is 0 Å². The highest BCUT2D eigenvalue weighted by Crippen LogP contribution is 2.33. The SMILES string of the molecule is O=c1oc2cc(O)ccc2c2c(-c3ccccc3)c[nH]c12. The Morgan fingerprint density at radius 1 is 1.05 bits per heavy atom. The maximum absolute atomic E-state index is 12.1. The summed E-state index contributed by atoms with van der Waals surface area (Å²) in [6.07, 6.45) is 1.81. The molecule has 0 saturated heterocycles. The smallest absolute Gasteiger partial charge is 0.360 e. The molecule has 2 aromatic heterocycles. The summed E-state index contributed by atoms with van der Waals surface area (Å²) in [5.41, 5.74) is 2.33. The molecule has 0 aliphatic carbocycles. The van der Waals surface area contributed by atoms with Gasteiger partial charge in [0.25, 0.3) is 0 Å². The number of H-pyrrole nitrogens is 1. The molecule has 0 unspecified atom stereocenters. The van der Waals surface area contributed by atoms with E-state index in [1.54, 1.807) is 12.1 Å². The van der Waals surface area contributed by atoms with Crippen LogP contribution in [0.1, 0.15) is 0 Å². The Bertz CT molecular complexity index is 1010. The Hall–Kier alpha value is -3.01. The summed E-state index contributed by atoms with van der Waals surface area (Å²) in [4.78, 5) is 15.1. The highest BCUT2D eigenvalue weighted by Gasteiger charge is 2.14. The predicted molar refractivity (Wildman–Crippen MR) is 81.4 cm³/mol. The van der Waals surface area contributed by atoms with Crippen molar-refractivity contribution in [3.05, 3.63) is 65.1 Å². The lowest BCUT2D eigenvalue weighted by Gasteiger charge is -2.03. The lowest BCUT2D eigenvalue weighted by atomic mass is 10.0. The molecule has 0 atom stereocenters. The normalized spacial score (nSPS) is 11.2. The number of nitrogens with one attached hydrogen (secondary N) is 1. The van der Waals surface area contributed by atoms with E-state index in [-0.39, 0.29) is 5.75 Å². The maximum atomic E-state index is 12.1. The van der Waals surface area contributed by atoms with Crippen LogP contribution >= 0.6 is 0 Å². The van der Waals surface area contributed by atoms with Crippen molar-refractivity contribution in [2.45, 2.75) is 0 Å². The Kier molecular flexibility index (Phi) is 2.38. The van der Waals surface area contributed by atoms with Gasteiger partial charge in [0.2, 0.25) is 0 Å². The Labute approximate surface area is 119 Å². The number of aromatic nitrogens is 1. The van der Waals surface area contributed by atoms with Crippen LogP contribution in [-0.4, -0.2) is 10.1 Å². The van der Waals surface area contributed by atoms with Crippen LogP contribution in [0.4, 0.5) is 0 Å². The van der Waals surface area contributed by atoms with Gasteiger partial charge in [-0.25, -0.2) is 4.79 Å².